The SMILES string of the molecule is CC1(C)CC(NCCn2cccn2)CCO1. The molecule has 1 aromatic heterocycles. The maximum absolute atomic E-state index is 5.69. The number of rotatable bonds is 4. The van der Waals surface area contributed by atoms with Crippen molar-refractivity contribution in [1.29, 1.82) is 0 Å². The zero-order valence-corrected chi connectivity index (χ0v) is 10.1. The third-order valence-electron chi connectivity index (χ3n) is 3.03. The molecule has 0 radical (unpaired) electrons. The molecule has 0 amide bonds. The summed E-state index contributed by atoms with van der Waals surface area (Å²) in [4.78, 5) is 0. The highest BCUT2D eigenvalue weighted by Crippen LogP contribution is 2.23. The van der Waals surface area contributed by atoms with E-state index in [9.17, 15) is 0 Å². The van der Waals surface area contributed by atoms with Crippen molar-refractivity contribution in [3.05, 3.63) is 18.5 Å². The van der Waals surface area contributed by atoms with E-state index in [1.54, 1.807) is 0 Å². The first-order chi connectivity index (χ1) is 7.66. The lowest BCUT2D eigenvalue weighted by atomic mass is 9.94. The van der Waals surface area contributed by atoms with Gasteiger partial charge in [-0.1, -0.05) is 0 Å². The lowest BCUT2D eigenvalue weighted by Crippen LogP contribution is -2.44. The van der Waals surface area contributed by atoms with Crippen LogP contribution in [0.5, 0.6) is 0 Å². The van der Waals surface area contributed by atoms with Gasteiger partial charge in [0.15, 0.2) is 0 Å². The first-order valence-electron chi connectivity index (χ1n) is 6.00. The van der Waals surface area contributed by atoms with E-state index < -0.39 is 0 Å². The van der Waals surface area contributed by atoms with Gasteiger partial charge in [-0.2, -0.15) is 5.10 Å². The molecular formula is C12H21N3O. The van der Waals surface area contributed by atoms with Gasteiger partial charge in [-0.3, -0.25) is 4.68 Å². The van der Waals surface area contributed by atoms with Crippen LogP contribution in [0.4, 0.5) is 0 Å². The Morgan fingerprint density at radius 3 is 3.12 bits per heavy atom. The van der Waals surface area contributed by atoms with Crippen molar-refractivity contribution in [2.45, 2.75) is 44.9 Å². The summed E-state index contributed by atoms with van der Waals surface area (Å²) in [7, 11) is 0. The van der Waals surface area contributed by atoms with E-state index >= 15 is 0 Å². The number of hydrogen-bond acceptors (Lipinski definition) is 3. The Morgan fingerprint density at radius 2 is 2.44 bits per heavy atom. The number of aromatic nitrogens is 2. The van der Waals surface area contributed by atoms with Crippen molar-refractivity contribution < 1.29 is 4.74 Å². The molecule has 1 fully saturated rings. The van der Waals surface area contributed by atoms with Gasteiger partial charge in [0.2, 0.25) is 0 Å². The molecule has 4 heteroatoms. The number of ether oxygens (including phenoxy) is 1. The summed E-state index contributed by atoms with van der Waals surface area (Å²) in [5, 5.41) is 7.75. The van der Waals surface area contributed by atoms with E-state index in [0.29, 0.717) is 6.04 Å². The number of nitrogens with one attached hydrogen (secondary N) is 1. The van der Waals surface area contributed by atoms with Crippen LogP contribution in [-0.4, -0.2) is 34.6 Å². The van der Waals surface area contributed by atoms with Crippen LogP contribution in [0.25, 0.3) is 0 Å². The van der Waals surface area contributed by atoms with Gasteiger partial charge in [0.05, 0.1) is 12.1 Å². The highest BCUT2D eigenvalue weighted by atomic mass is 16.5. The largest absolute Gasteiger partial charge is 0.375 e. The molecule has 0 aromatic carbocycles. The molecule has 1 N–H and O–H groups in total. The first kappa shape index (κ1) is 11.6. The summed E-state index contributed by atoms with van der Waals surface area (Å²) in [6, 6.07) is 2.54. The van der Waals surface area contributed by atoms with Crippen molar-refractivity contribution >= 4 is 0 Å². The Balaban J connectivity index is 1.70. The van der Waals surface area contributed by atoms with Gasteiger partial charge in [0.1, 0.15) is 0 Å². The quantitative estimate of drug-likeness (QED) is 0.839. The third-order valence-corrected chi connectivity index (χ3v) is 3.03. The zero-order valence-electron chi connectivity index (χ0n) is 10.1. The molecule has 2 rings (SSSR count). The average Bonchev–Trinajstić information content (AvgIpc) is 2.69. The summed E-state index contributed by atoms with van der Waals surface area (Å²) < 4.78 is 7.65. The third kappa shape index (κ3) is 3.32. The smallest absolute Gasteiger partial charge is 0.0641 e. The first-order valence-corrected chi connectivity index (χ1v) is 6.00. The van der Waals surface area contributed by atoms with Crippen molar-refractivity contribution in [2.75, 3.05) is 13.2 Å². The van der Waals surface area contributed by atoms with Gasteiger partial charge in [-0.25, -0.2) is 0 Å². The van der Waals surface area contributed by atoms with Crippen molar-refractivity contribution in [3.63, 3.8) is 0 Å². The molecule has 2 heterocycles. The Kier molecular flexibility index (Phi) is 3.61. The van der Waals surface area contributed by atoms with Crippen LogP contribution < -0.4 is 5.32 Å². The predicted octanol–water partition coefficient (Wildman–Crippen LogP) is 1.43. The molecule has 1 saturated heterocycles. The van der Waals surface area contributed by atoms with E-state index in [0.717, 1.165) is 32.5 Å². The molecule has 0 spiro atoms. The van der Waals surface area contributed by atoms with Gasteiger partial charge >= 0.3 is 0 Å². The van der Waals surface area contributed by atoms with E-state index in [4.69, 9.17) is 4.74 Å². The lowest BCUT2D eigenvalue weighted by Gasteiger charge is -2.36. The van der Waals surface area contributed by atoms with Gasteiger partial charge in [-0.05, 0) is 32.8 Å². The summed E-state index contributed by atoms with van der Waals surface area (Å²) in [5.74, 6) is 0. The molecule has 16 heavy (non-hydrogen) atoms. The van der Waals surface area contributed by atoms with Crippen LogP contribution in [0.1, 0.15) is 26.7 Å². The Hall–Kier alpha value is -0.870. The van der Waals surface area contributed by atoms with Gasteiger partial charge in [0, 0.05) is 31.6 Å². The molecule has 1 atom stereocenters. The molecule has 1 aliphatic rings. The highest BCUT2D eigenvalue weighted by Gasteiger charge is 2.28. The maximum atomic E-state index is 5.69. The summed E-state index contributed by atoms with van der Waals surface area (Å²) in [5.41, 5.74) is 0.0294. The molecular weight excluding hydrogens is 202 g/mol. The van der Waals surface area contributed by atoms with Crippen molar-refractivity contribution in [2.24, 2.45) is 0 Å². The molecule has 90 valence electrons. The van der Waals surface area contributed by atoms with Crippen LogP contribution in [0.15, 0.2) is 18.5 Å². The topological polar surface area (TPSA) is 39.1 Å². The van der Waals surface area contributed by atoms with Crippen LogP contribution >= 0.6 is 0 Å². The predicted molar refractivity (Wildman–Crippen MR) is 63.3 cm³/mol. The minimum absolute atomic E-state index is 0.0294. The van der Waals surface area contributed by atoms with Crippen LogP contribution in [-0.2, 0) is 11.3 Å². The Bertz CT molecular complexity index is 308. The minimum atomic E-state index is 0.0294. The fraction of sp³-hybridized carbons (Fsp3) is 0.750. The standard InChI is InChI=1S/C12H21N3O/c1-12(2)10-11(4-9-16-12)13-6-8-15-7-3-5-14-15/h3,5,7,11,13H,4,6,8-10H2,1-2H3. The number of nitrogens with zero attached hydrogens (tertiary/aromatic N) is 2. The molecule has 4 nitrogen and oxygen atoms in total. The van der Waals surface area contributed by atoms with E-state index in [1.165, 1.54) is 0 Å². The summed E-state index contributed by atoms with van der Waals surface area (Å²) in [6.07, 6.45) is 6.02. The molecule has 1 aromatic rings. The Labute approximate surface area is 97.0 Å². The molecule has 0 saturated carbocycles. The van der Waals surface area contributed by atoms with Gasteiger partial charge < -0.3 is 10.1 Å². The second-order valence-corrected chi connectivity index (χ2v) is 5.02. The highest BCUT2D eigenvalue weighted by molar-refractivity contribution is 4.83. The normalized spacial score (nSPS) is 24.5. The van der Waals surface area contributed by atoms with E-state index in [-0.39, 0.29) is 5.60 Å². The van der Waals surface area contributed by atoms with Crippen LogP contribution in [0.2, 0.25) is 0 Å². The molecule has 1 aliphatic heterocycles. The summed E-state index contributed by atoms with van der Waals surface area (Å²) >= 11 is 0. The van der Waals surface area contributed by atoms with Crippen LogP contribution in [0.3, 0.4) is 0 Å². The average molecular weight is 223 g/mol. The zero-order chi connectivity index (χ0) is 11.4. The second-order valence-electron chi connectivity index (χ2n) is 5.02. The molecule has 0 aliphatic carbocycles. The number of hydrogen-bond donors (Lipinski definition) is 1. The van der Waals surface area contributed by atoms with E-state index in [2.05, 4.69) is 24.3 Å². The van der Waals surface area contributed by atoms with Crippen LogP contribution in [0, 0.1) is 0 Å². The Morgan fingerprint density at radius 1 is 1.56 bits per heavy atom. The van der Waals surface area contributed by atoms with E-state index in [1.807, 2.05) is 23.1 Å². The lowest BCUT2D eigenvalue weighted by molar-refractivity contribution is -0.0628. The minimum Gasteiger partial charge on any atom is -0.375 e. The second kappa shape index (κ2) is 4.97. The maximum Gasteiger partial charge on any atom is 0.0641 e. The molecule has 0 bridgehead atoms. The summed E-state index contributed by atoms with van der Waals surface area (Å²) in [6.45, 7) is 7.10. The van der Waals surface area contributed by atoms with Gasteiger partial charge in [0.25, 0.3) is 0 Å². The fourth-order valence-corrected chi connectivity index (χ4v) is 2.22. The fourth-order valence-electron chi connectivity index (χ4n) is 2.22. The monoisotopic (exact) mass is 223 g/mol. The van der Waals surface area contributed by atoms with Crippen molar-refractivity contribution in [3.8, 4) is 0 Å². The van der Waals surface area contributed by atoms with Gasteiger partial charge in [-0.15, -0.1) is 0 Å². The molecule has 1 unspecified atom stereocenters. The van der Waals surface area contributed by atoms with Crippen molar-refractivity contribution in [1.82, 2.24) is 15.1 Å².